The number of benzene rings is 2. The van der Waals surface area contributed by atoms with Crippen LogP contribution in [-0.2, 0) is 4.32 Å². The third kappa shape index (κ3) is 1.64. The summed E-state index contributed by atoms with van der Waals surface area (Å²) in [6, 6.07) is 13.9. The van der Waals surface area contributed by atoms with Gasteiger partial charge >= 0.3 is 0 Å². The summed E-state index contributed by atoms with van der Waals surface area (Å²) in [6.07, 6.45) is 0. The molecule has 0 aliphatic heterocycles. The van der Waals surface area contributed by atoms with Gasteiger partial charge in [-0.1, -0.05) is 52.3 Å². The lowest BCUT2D eigenvalue weighted by molar-refractivity contribution is 0.0871. The van der Waals surface area contributed by atoms with Gasteiger partial charge in [0.2, 0.25) is 0 Å². The van der Waals surface area contributed by atoms with E-state index in [-0.39, 0.29) is 11.6 Å². The van der Waals surface area contributed by atoms with E-state index in [1.54, 1.807) is 55.6 Å². The first-order valence-electron chi connectivity index (χ1n) is 6.11. The molecule has 100 valence electrons. The number of hydrogen-bond acceptors (Lipinski definition) is 3. The summed E-state index contributed by atoms with van der Waals surface area (Å²) in [5.74, 6) is 0.149. The Balaban J connectivity index is 2.19. The third-order valence-corrected chi connectivity index (χ3v) is 4.69. The maximum absolute atomic E-state index is 12.6. The fourth-order valence-electron chi connectivity index (χ4n) is 2.45. The molecule has 3 rings (SSSR count). The van der Waals surface area contributed by atoms with Gasteiger partial charge in [0.15, 0.2) is 15.9 Å². The number of carbonyl (C=O) groups excluding carboxylic acids is 2. The molecule has 1 aliphatic carbocycles. The first kappa shape index (κ1) is 13.1. The number of Topliss-reactive ketones (excluding diaryl/α,β-unsaturated/α-hetero) is 2. The van der Waals surface area contributed by atoms with E-state index < -0.39 is 4.32 Å². The van der Waals surface area contributed by atoms with Gasteiger partial charge in [-0.25, -0.2) is 0 Å². The summed E-state index contributed by atoms with van der Waals surface area (Å²) in [5.41, 5.74) is 1.50. The lowest BCUT2D eigenvalue weighted by Crippen LogP contribution is -2.31. The van der Waals surface area contributed by atoms with Crippen LogP contribution < -0.4 is 4.74 Å². The molecule has 0 unspecified atom stereocenters. The van der Waals surface area contributed by atoms with Gasteiger partial charge in [0.25, 0.3) is 0 Å². The zero-order valence-electron chi connectivity index (χ0n) is 10.7. The topological polar surface area (TPSA) is 43.4 Å². The van der Waals surface area contributed by atoms with E-state index >= 15 is 0 Å². The summed E-state index contributed by atoms with van der Waals surface area (Å²) in [4.78, 5) is 25.2. The van der Waals surface area contributed by atoms with Crippen molar-refractivity contribution in [1.82, 2.24) is 0 Å². The second-order valence-electron chi connectivity index (χ2n) is 4.59. The quantitative estimate of drug-likeness (QED) is 0.626. The van der Waals surface area contributed by atoms with E-state index in [1.807, 2.05) is 0 Å². The number of methoxy groups -OCH3 is 1. The Hall–Kier alpha value is -1.94. The monoisotopic (exact) mass is 330 g/mol. The minimum Gasteiger partial charge on any atom is -0.497 e. The van der Waals surface area contributed by atoms with Crippen molar-refractivity contribution in [2.45, 2.75) is 4.32 Å². The van der Waals surface area contributed by atoms with Crippen LogP contribution in [0.2, 0.25) is 0 Å². The molecule has 0 N–H and O–H groups in total. The molecular weight excluding hydrogens is 320 g/mol. The SMILES string of the molecule is COc1cccc(C2(Br)C(=O)c3ccccc3C2=O)c1. The van der Waals surface area contributed by atoms with Crippen LogP contribution in [0.3, 0.4) is 0 Å². The van der Waals surface area contributed by atoms with Crippen molar-refractivity contribution in [2.24, 2.45) is 0 Å². The molecule has 20 heavy (non-hydrogen) atoms. The molecule has 0 atom stereocenters. The fourth-order valence-corrected chi connectivity index (χ4v) is 3.13. The third-order valence-electron chi connectivity index (χ3n) is 3.51. The molecule has 0 heterocycles. The Labute approximate surface area is 124 Å². The molecule has 0 aromatic heterocycles. The molecule has 0 radical (unpaired) electrons. The number of halogens is 1. The van der Waals surface area contributed by atoms with E-state index in [4.69, 9.17) is 4.74 Å². The molecule has 2 aromatic rings. The number of ketones is 2. The van der Waals surface area contributed by atoms with Crippen molar-refractivity contribution >= 4 is 27.5 Å². The average molecular weight is 331 g/mol. The normalized spacial score (nSPS) is 16.1. The Morgan fingerprint density at radius 3 is 2.10 bits per heavy atom. The van der Waals surface area contributed by atoms with Crippen molar-refractivity contribution < 1.29 is 14.3 Å². The van der Waals surface area contributed by atoms with E-state index in [0.29, 0.717) is 22.4 Å². The van der Waals surface area contributed by atoms with Gasteiger partial charge in [-0.3, -0.25) is 9.59 Å². The molecule has 0 saturated carbocycles. The van der Waals surface area contributed by atoms with Crippen LogP contribution in [-0.4, -0.2) is 18.7 Å². The molecule has 2 aromatic carbocycles. The van der Waals surface area contributed by atoms with Crippen molar-refractivity contribution in [3.63, 3.8) is 0 Å². The van der Waals surface area contributed by atoms with E-state index in [0.717, 1.165) is 0 Å². The Morgan fingerprint density at radius 2 is 1.55 bits per heavy atom. The highest BCUT2D eigenvalue weighted by atomic mass is 79.9. The van der Waals surface area contributed by atoms with Crippen molar-refractivity contribution in [3.05, 3.63) is 65.2 Å². The van der Waals surface area contributed by atoms with E-state index in [9.17, 15) is 9.59 Å². The van der Waals surface area contributed by atoms with Crippen molar-refractivity contribution in [3.8, 4) is 5.75 Å². The van der Waals surface area contributed by atoms with Crippen LogP contribution in [0.1, 0.15) is 26.3 Å². The summed E-state index contributed by atoms with van der Waals surface area (Å²) in [5, 5.41) is 0. The maximum atomic E-state index is 12.6. The van der Waals surface area contributed by atoms with Crippen molar-refractivity contribution in [1.29, 1.82) is 0 Å². The van der Waals surface area contributed by atoms with Gasteiger partial charge in [-0.2, -0.15) is 0 Å². The van der Waals surface area contributed by atoms with Crippen molar-refractivity contribution in [2.75, 3.05) is 7.11 Å². The number of alkyl halides is 1. The predicted octanol–water partition coefficient (Wildman–Crippen LogP) is 3.36. The number of carbonyl (C=O) groups is 2. The highest BCUT2D eigenvalue weighted by molar-refractivity contribution is 9.10. The number of fused-ring (bicyclic) bond motifs is 1. The van der Waals surface area contributed by atoms with Gasteiger partial charge in [-0.15, -0.1) is 0 Å². The molecule has 0 fully saturated rings. The average Bonchev–Trinajstić information content (AvgIpc) is 2.71. The van der Waals surface area contributed by atoms with Crippen LogP contribution in [0.25, 0.3) is 0 Å². The number of hydrogen-bond donors (Lipinski definition) is 0. The number of rotatable bonds is 2. The zero-order chi connectivity index (χ0) is 14.3. The van der Waals surface area contributed by atoms with Gasteiger partial charge in [0.05, 0.1) is 7.11 Å². The summed E-state index contributed by atoms with van der Waals surface area (Å²) >= 11 is 3.37. The lowest BCUT2D eigenvalue weighted by Gasteiger charge is -2.19. The second kappa shape index (κ2) is 4.56. The standard InChI is InChI=1S/C16H11BrO3/c1-20-11-6-4-5-10(9-11)16(17)14(18)12-7-2-3-8-13(12)15(16)19/h2-9H,1H3. The predicted molar refractivity (Wildman–Crippen MR) is 78.7 cm³/mol. The first-order chi connectivity index (χ1) is 9.59. The zero-order valence-corrected chi connectivity index (χ0v) is 12.3. The minimum absolute atomic E-state index is 0.230. The van der Waals surface area contributed by atoms with Gasteiger partial charge < -0.3 is 4.74 Å². The first-order valence-corrected chi connectivity index (χ1v) is 6.90. The largest absolute Gasteiger partial charge is 0.497 e. The molecule has 1 aliphatic rings. The Morgan fingerprint density at radius 1 is 0.950 bits per heavy atom. The molecule has 0 saturated heterocycles. The molecule has 0 spiro atoms. The van der Waals surface area contributed by atoms with Gasteiger partial charge in [-0.05, 0) is 17.7 Å². The Bertz CT molecular complexity index is 686. The number of ether oxygens (including phenoxy) is 1. The van der Waals surface area contributed by atoms with E-state index in [2.05, 4.69) is 15.9 Å². The molecule has 4 heteroatoms. The smallest absolute Gasteiger partial charge is 0.192 e. The molecular formula is C16H11BrO3. The second-order valence-corrected chi connectivity index (χ2v) is 5.78. The van der Waals surface area contributed by atoms with E-state index in [1.165, 1.54) is 0 Å². The minimum atomic E-state index is -1.34. The fraction of sp³-hybridized carbons (Fsp3) is 0.125. The molecule has 3 nitrogen and oxygen atoms in total. The maximum Gasteiger partial charge on any atom is 0.192 e. The van der Waals surface area contributed by atoms with Crippen LogP contribution >= 0.6 is 15.9 Å². The van der Waals surface area contributed by atoms with Crippen LogP contribution in [0.4, 0.5) is 0 Å². The van der Waals surface area contributed by atoms with Crippen LogP contribution in [0.15, 0.2) is 48.5 Å². The summed E-state index contributed by atoms with van der Waals surface area (Å²) in [6.45, 7) is 0. The lowest BCUT2D eigenvalue weighted by atomic mass is 9.94. The van der Waals surface area contributed by atoms with Gasteiger partial charge in [0, 0.05) is 11.1 Å². The van der Waals surface area contributed by atoms with Crippen LogP contribution in [0, 0.1) is 0 Å². The highest BCUT2D eigenvalue weighted by Gasteiger charge is 2.52. The Kier molecular flexibility index (Phi) is 2.98. The molecule has 0 bridgehead atoms. The molecule has 0 amide bonds. The summed E-state index contributed by atoms with van der Waals surface area (Å²) < 4.78 is 3.82. The summed E-state index contributed by atoms with van der Waals surface area (Å²) in [7, 11) is 1.55. The van der Waals surface area contributed by atoms with Crippen LogP contribution in [0.5, 0.6) is 5.75 Å². The van der Waals surface area contributed by atoms with Gasteiger partial charge in [0.1, 0.15) is 5.75 Å². The highest BCUT2D eigenvalue weighted by Crippen LogP contribution is 2.45.